The number of aryl methyl sites for hydroxylation is 1. The van der Waals surface area contributed by atoms with E-state index in [9.17, 15) is 13.2 Å². The number of hydrogen-bond acceptors (Lipinski definition) is 5. The zero-order valence-corrected chi connectivity index (χ0v) is 13.3. The van der Waals surface area contributed by atoms with Crippen LogP contribution in [0.4, 0.5) is 5.69 Å². The minimum Gasteiger partial charge on any atom is -0.445 e. The molecule has 0 spiro atoms. The Kier molecular flexibility index (Phi) is 4.97. The zero-order chi connectivity index (χ0) is 16.2. The maximum atomic E-state index is 12.3. The average molecular weight is 322 g/mol. The predicted octanol–water partition coefficient (Wildman–Crippen LogP) is 1.95. The van der Waals surface area contributed by atoms with Crippen LogP contribution in [0.3, 0.4) is 0 Å². The van der Waals surface area contributed by atoms with Gasteiger partial charge in [0.15, 0.2) is 9.84 Å². The summed E-state index contributed by atoms with van der Waals surface area (Å²) < 4.78 is 29.4. The molecule has 1 amide bonds. The summed E-state index contributed by atoms with van der Waals surface area (Å²) in [5.74, 6) is -0.767. The molecule has 0 unspecified atom stereocenters. The van der Waals surface area contributed by atoms with Crippen molar-refractivity contribution in [3.63, 3.8) is 0 Å². The van der Waals surface area contributed by atoms with Gasteiger partial charge in [-0.3, -0.25) is 4.79 Å². The van der Waals surface area contributed by atoms with Crippen molar-refractivity contribution in [2.75, 3.05) is 17.2 Å². The van der Waals surface area contributed by atoms with Gasteiger partial charge < -0.3 is 9.32 Å². The molecule has 0 saturated carbocycles. The maximum absolute atomic E-state index is 12.3. The second-order valence-corrected chi connectivity index (χ2v) is 6.93. The molecular formula is C15H18N2O4S. The van der Waals surface area contributed by atoms with E-state index in [-0.39, 0.29) is 11.6 Å². The van der Waals surface area contributed by atoms with E-state index in [0.717, 1.165) is 0 Å². The highest BCUT2D eigenvalue weighted by Gasteiger charge is 2.24. The van der Waals surface area contributed by atoms with Crippen LogP contribution in [-0.2, 0) is 20.4 Å². The number of amides is 1. The Hall–Kier alpha value is -2.15. The number of sulfone groups is 1. The monoisotopic (exact) mass is 322 g/mol. The predicted molar refractivity (Wildman–Crippen MR) is 83.2 cm³/mol. The van der Waals surface area contributed by atoms with E-state index in [0.29, 0.717) is 18.0 Å². The molecule has 0 aliphatic rings. The zero-order valence-electron chi connectivity index (χ0n) is 12.5. The molecular weight excluding hydrogens is 304 g/mol. The molecule has 0 radical (unpaired) electrons. The van der Waals surface area contributed by atoms with Crippen LogP contribution >= 0.6 is 0 Å². The maximum Gasteiger partial charge on any atom is 0.242 e. The summed E-state index contributed by atoms with van der Waals surface area (Å²) in [6.45, 7) is 3.88. The summed E-state index contributed by atoms with van der Waals surface area (Å²) in [6.07, 6.45) is 1.45. The van der Waals surface area contributed by atoms with E-state index >= 15 is 0 Å². The van der Waals surface area contributed by atoms with Crippen molar-refractivity contribution in [1.82, 2.24) is 4.98 Å². The summed E-state index contributed by atoms with van der Waals surface area (Å²) in [6, 6.07) is 8.98. The van der Waals surface area contributed by atoms with Crippen molar-refractivity contribution in [1.29, 1.82) is 0 Å². The molecule has 118 valence electrons. The fourth-order valence-corrected chi connectivity index (χ4v) is 3.23. The lowest BCUT2D eigenvalue weighted by Gasteiger charge is -2.20. The van der Waals surface area contributed by atoms with Gasteiger partial charge in [-0.2, -0.15) is 0 Å². The lowest BCUT2D eigenvalue weighted by Crippen LogP contribution is -2.36. The molecule has 0 aliphatic carbocycles. The molecule has 6 nitrogen and oxygen atoms in total. The van der Waals surface area contributed by atoms with Crippen LogP contribution in [0.15, 0.2) is 40.9 Å². The minimum atomic E-state index is -3.63. The molecule has 0 saturated heterocycles. The summed E-state index contributed by atoms with van der Waals surface area (Å²) in [5.41, 5.74) is 0.678. The van der Waals surface area contributed by atoms with Crippen LogP contribution in [0.2, 0.25) is 0 Å². The van der Waals surface area contributed by atoms with Gasteiger partial charge in [0.1, 0.15) is 17.3 Å². The Labute approximate surface area is 129 Å². The number of benzene rings is 1. The normalized spacial score (nSPS) is 11.4. The highest BCUT2D eigenvalue weighted by molar-refractivity contribution is 7.91. The molecule has 0 aliphatic heterocycles. The molecule has 1 aromatic heterocycles. The molecule has 2 rings (SSSR count). The lowest BCUT2D eigenvalue weighted by molar-refractivity contribution is -0.116. The van der Waals surface area contributed by atoms with Crippen molar-refractivity contribution < 1.29 is 17.6 Å². The summed E-state index contributed by atoms with van der Waals surface area (Å²) in [7, 11) is -3.63. The number of anilines is 1. The van der Waals surface area contributed by atoms with Crippen LogP contribution in [0, 0.1) is 6.92 Å². The minimum absolute atomic E-state index is 0.105. The van der Waals surface area contributed by atoms with Crippen LogP contribution in [0.5, 0.6) is 0 Å². The number of para-hydroxylation sites is 1. The second-order valence-electron chi connectivity index (χ2n) is 4.87. The largest absolute Gasteiger partial charge is 0.445 e. The third kappa shape index (κ3) is 4.17. The molecule has 0 fully saturated rings. The highest BCUT2D eigenvalue weighted by atomic mass is 32.2. The number of aromatic nitrogens is 1. The average Bonchev–Trinajstić information content (AvgIpc) is 2.84. The first kappa shape index (κ1) is 16.2. The van der Waals surface area contributed by atoms with Gasteiger partial charge in [-0.1, -0.05) is 18.2 Å². The molecule has 22 heavy (non-hydrogen) atoms. The van der Waals surface area contributed by atoms with Crippen LogP contribution in [0.1, 0.15) is 18.6 Å². The fourth-order valence-electron chi connectivity index (χ4n) is 2.08. The van der Waals surface area contributed by atoms with Crippen molar-refractivity contribution in [2.24, 2.45) is 0 Å². The van der Waals surface area contributed by atoms with Gasteiger partial charge in [-0.25, -0.2) is 13.4 Å². The van der Waals surface area contributed by atoms with E-state index in [4.69, 9.17) is 4.42 Å². The van der Waals surface area contributed by atoms with Gasteiger partial charge in [0.2, 0.25) is 11.8 Å². The van der Waals surface area contributed by atoms with E-state index < -0.39 is 21.5 Å². The molecule has 0 bridgehead atoms. The van der Waals surface area contributed by atoms with Crippen molar-refractivity contribution in [3.05, 3.63) is 48.2 Å². The number of oxazole rings is 1. The van der Waals surface area contributed by atoms with Gasteiger partial charge in [0.25, 0.3) is 0 Å². The standard InChI is InChI=1S/C15H18N2O4S/c1-3-17(13-7-5-4-6-8-13)15(18)11-22(19,20)10-14-16-9-12(2)21-14/h4-9H,3,10-11H2,1-2H3. The van der Waals surface area contributed by atoms with Gasteiger partial charge in [-0.05, 0) is 26.0 Å². The van der Waals surface area contributed by atoms with Gasteiger partial charge in [0.05, 0.1) is 6.20 Å². The molecule has 2 aromatic rings. The number of carbonyl (C=O) groups is 1. The van der Waals surface area contributed by atoms with E-state index in [1.807, 2.05) is 6.07 Å². The summed E-state index contributed by atoms with van der Waals surface area (Å²) >= 11 is 0. The van der Waals surface area contributed by atoms with E-state index in [1.54, 1.807) is 38.1 Å². The molecule has 1 aromatic carbocycles. The third-order valence-corrected chi connectivity index (χ3v) is 4.41. The van der Waals surface area contributed by atoms with Gasteiger partial charge in [0, 0.05) is 12.2 Å². The first-order valence-electron chi connectivity index (χ1n) is 6.88. The van der Waals surface area contributed by atoms with Gasteiger partial charge >= 0.3 is 0 Å². The number of carbonyl (C=O) groups excluding carboxylic acids is 1. The Bertz CT molecular complexity index is 738. The number of nitrogens with zero attached hydrogens (tertiary/aromatic N) is 2. The number of hydrogen-bond donors (Lipinski definition) is 0. The van der Waals surface area contributed by atoms with Crippen molar-refractivity contribution >= 4 is 21.4 Å². The first-order chi connectivity index (χ1) is 10.4. The number of rotatable bonds is 6. The Morgan fingerprint density at radius 1 is 1.27 bits per heavy atom. The Morgan fingerprint density at radius 2 is 1.95 bits per heavy atom. The molecule has 1 heterocycles. The molecule has 0 N–H and O–H groups in total. The fraction of sp³-hybridized carbons (Fsp3) is 0.333. The highest BCUT2D eigenvalue weighted by Crippen LogP contribution is 2.15. The van der Waals surface area contributed by atoms with Crippen LogP contribution in [0.25, 0.3) is 0 Å². The van der Waals surface area contributed by atoms with E-state index in [2.05, 4.69) is 4.98 Å². The van der Waals surface area contributed by atoms with Crippen LogP contribution in [-0.4, -0.2) is 31.6 Å². The van der Waals surface area contributed by atoms with E-state index in [1.165, 1.54) is 11.1 Å². The summed E-state index contributed by atoms with van der Waals surface area (Å²) in [5, 5.41) is 0. The van der Waals surface area contributed by atoms with Crippen molar-refractivity contribution in [3.8, 4) is 0 Å². The second kappa shape index (κ2) is 6.74. The summed E-state index contributed by atoms with van der Waals surface area (Å²) in [4.78, 5) is 17.6. The quantitative estimate of drug-likeness (QED) is 0.812. The SMILES string of the molecule is CCN(C(=O)CS(=O)(=O)Cc1ncc(C)o1)c1ccccc1. The molecule has 7 heteroatoms. The smallest absolute Gasteiger partial charge is 0.242 e. The topological polar surface area (TPSA) is 80.5 Å². The Balaban J connectivity index is 2.09. The lowest BCUT2D eigenvalue weighted by atomic mass is 10.3. The van der Waals surface area contributed by atoms with Gasteiger partial charge in [-0.15, -0.1) is 0 Å². The molecule has 0 atom stereocenters. The first-order valence-corrected chi connectivity index (χ1v) is 8.70. The third-order valence-electron chi connectivity index (χ3n) is 3.04. The van der Waals surface area contributed by atoms with Crippen LogP contribution < -0.4 is 4.90 Å². The Morgan fingerprint density at radius 3 is 2.50 bits per heavy atom. The van der Waals surface area contributed by atoms with Crippen molar-refractivity contribution in [2.45, 2.75) is 19.6 Å².